The summed E-state index contributed by atoms with van der Waals surface area (Å²) in [4.78, 5) is 31.6. The summed E-state index contributed by atoms with van der Waals surface area (Å²) in [5.74, 6) is -0.509. The minimum absolute atomic E-state index is 0.0409. The molecule has 3 rings (SSSR count). The summed E-state index contributed by atoms with van der Waals surface area (Å²) in [6, 6.07) is 6.00. The Morgan fingerprint density at radius 2 is 1.97 bits per heavy atom. The van der Waals surface area contributed by atoms with E-state index in [1.165, 1.54) is 23.9 Å². The molecule has 1 aliphatic rings. The number of hydrogen-bond donors (Lipinski definition) is 1. The van der Waals surface area contributed by atoms with Gasteiger partial charge in [0.1, 0.15) is 11.5 Å². The molecule has 0 atom stereocenters. The first-order valence-corrected chi connectivity index (χ1v) is 11.2. The van der Waals surface area contributed by atoms with Gasteiger partial charge in [-0.2, -0.15) is 0 Å². The third-order valence-electron chi connectivity index (χ3n) is 5.19. The zero-order valence-electron chi connectivity index (χ0n) is 17.3. The molecule has 0 unspecified atom stereocenters. The minimum Gasteiger partial charge on any atom is -0.385 e. The molecular formula is C21H27FN4O3S. The van der Waals surface area contributed by atoms with Crippen molar-refractivity contribution in [2.45, 2.75) is 24.4 Å². The van der Waals surface area contributed by atoms with E-state index < -0.39 is 0 Å². The number of halogens is 1. The quantitative estimate of drug-likeness (QED) is 0.511. The summed E-state index contributed by atoms with van der Waals surface area (Å²) >= 11 is 1.42. The Morgan fingerprint density at radius 3 is 2.60 bits per heavy atom. The molecule has 0 aliphatic carbocycles. The van der Waals surface area contributed by atoms with Crippen LogP contribution in [0.5, 0.6) is 0 Å². The summed E-state index contributed by atoms with van der Waals surface area (Å²) in [5, 5.41) is 3.60. The normalized spacial score (nSPS) is 14.7. The van der Waals surface area contributed by atoms with Crippen LogP contribution in [-0.4, -0.2) is 65.9 Å². The number of nitrogens with one attached hydrogen (secondary N) is 1. The molecule has 0 radical (unpaired) electrons. The van der Waals surface area contributed by atoms with Gasteiger partial charge >= 0.3 is 0 Å². The number of ether oxygens (including phenoxy) is 1. The number of amides is 2. The molecule has 2 amide bonds. The average molecular weight is 435 g/mol. The molecule has 0 spiro atoms. The molecular weight excluding hydrogens is 407 g/mol. The van der Waals surface area contributed by atoms with E-state index in [-0.39, 0.29) is 23.5 Å². The van der Waals surface area contributed by atoms with Gasteiger partial charge in [-0.05, 0) is 49.8 Å². The summed E-state index contributed by atoms with van der Waals surface area (Å²) in [7, 11) is 1.64. The van der Waals surface area contributed by atoms with Crippen molar-refractivity contribution in [2.24, 2.45) is 5.92 Å². The molecule has 0 saturated carbocycles. The molecule has 0 bridgehead atoms. The van der Waals surface area contributed by atoms with E-state index in [2.05, 4.69) is 10.3 Å². The molecule has 30 heavy (non-hydrogen) atoms. The number of imidazole rings is 1. The number of carbonyl (C=O) groups is 2. The monoisotopic (exact) mass is 434 g/mol. The topological polar surface area (TPSA) is 76.5 Å². The van der Waals surface area contributed by atoms with Crippen molar-refractivity contribution >= 4 is 23.6 Å². The Labute approximate surface area is 180 Å². The van der Waals surface area contributed by atoms with Crippen molar-refractivity contribution in [3.63, 3.8) is 0 Å². The number of thioether (sulfide) groups is 1. The van der Waals surface area contributed by atoms with Gasteiger partial charge in [-0.25, -0.2) is 9.37 Å². The highest BCUT2D eigenvalue weighted by atomic mass is 32.2. The maximum absolute atomic E-state index is 13.3. The van der Waals surface area contributed by atoms with E-state index in [1.54, 1.807) is 34.9 Å². The molecule has 2 aromatic rings. The lowest BCUT2D eigenvalue weighted by Crippen LogP contribution is -2.43. The number of rotatable bonds is 8. The van der Waals surface area contributed by atoms with E-state index in [9.17, 15) is 14.0 Å². The van der Waals surface area contributed by atoms with Crippen molar-refractivity contribution in [1.82, 2.24) is 19.8 Å². The van der Waals surface area contributed by atoms with Gasteiger partial charge < -0.3 is 15.0 Å². The Hall–Kier alpha value is -2.39. The van der Waals surface area contributed by atoms with Gasteiger partial charge in [-0.3, -0.25) is 14.2 Å². The van der Waals surface area contributed by atoms with Gasteiger partial charge in [-0.1, -0.05) is 11.8 Å². The van der Waals surface area contributed by atoms with Gasteiger partial charge in [0, 0.05) is 45.0 Å². The molecule has 1 N–H and O–H groups in total. The summed E-state index contributed by atoms with van der Waals surface area (Å²) in [6.07, 6.45) is 5.48. The van der Waals surface area contributed by atoms with Crippen molar-refractivity contribution in [3.8, 4) is 5.69 Å². The first kappa shape index (κ1) is 22.3. The zero-order chi connectivity index (χ0) is 21.5. The van der Waals surface area contributed by atoms with E-state index in [0.29, 0.717) is 55.6 Å². The second-order valence-electron chi connectivity index (χ2n) is 7.15. The fourth-order valence-corrected chi connectivity index (χ4v) is 4.09. The van der Waals surface area contributed by atoms with Crippen molar-refractivity contribution in [2.75, 3.05) is 39.6 Å². The molecule has 2 heterocycles. The highest BCUT2D eigenvalue weighted by Gasteiger charge is 2.29. The standard InChI is InChI=1S/C21H27FN4O3S/c1-29-13-3-10-23-19(27)15-8-11-25(12-9-15)20(28)18-14-24-21(30-2)26(18)17-6-4-16(22)5-7-17/h4-7,14-15H,3,8-13H2,1-2H3,(H,23,27). The molecule has 1 aromatic carbocycles. The first-order valence-electron chi connectivity index (χ1n) is 9.98. The van der Waals surface area contributed by atoms with Gasteiger partial charge in [-0.15, -0.1) is 0 Å². The van der Waals surface area contributed by atoms with Crippen LogP contribution in [0.3, 0.4) is 0 Å². The molecule has 1 aliphatic heterocycles. The molecule has 162 valence electrons. The van der Waals surface area contributed by atoms with Gasteiger partial charge in [0.2, 0.25) is 5.91 Å². The van der Waals surface area contributed by atoms with Crippen molar-refractivity contribution < 1.29 is 18.7 Å². The van der Waals surface area contributed by atoms with Gasteiger partial charge in [0.05, 0.1) is 6.20 Å². The molecule has 1 fully saturated rings. The van der Waals surface area contributed by atoms with Crippen LogP contribution in [0.1, 0.15) is 29.8 Å². The average Bonchev–Trinajstić information content (AvgIpc) is 3.21. The highest BCUT2D eigenvalue weighted by molar-refractivity contribution is 7.98. The SMILES string of the molecule is COCCCNC(=O)C1CCN(C(=O)c2cnc(SC)n2-c2ccc(F)cc2)CC1. The van der Waals surface area contributed by atoms with E-state index >= 15 is 0 Å². The largest absolute Gasteiger partial charge is 0.385 e. The number of piperidine rings is 1. The number of benzene rings is 1. The predicted octanol–water partition coefficient (Wildman–Crippen LogP) is 2.74. The van der Waals surface area contributed by atoms with E-state index in [1.807, 2.05) is 6.26 Å². The number of methoxy groups -OCH3 is 1. The second-order valence-corrected chi connectivity index (χ2v) is 7.92. The van der Waals surface area contributed by atoms with Gasteiger partial charge in [0.25, 0.3) is 5.91 Å². The van der Waals surface area contributed by atoms with Crippen LogP contribution < -0.4 is 5.32 Å². The second kappa shape index (κ2) is 10.6. The number of aromatic nitrogens is 2. The molecule has 1 saturated heterocycles. The van der Waals surface area contributed by atoms with Crippen LogP contribution in [0, 0.1) is 11.7 Å². The molecule has 9 heteroatoms. The Bertz CT molecular complexity index is 864. The summed E-state index contributed by atoms with van der Waals surface area (Å²) in [6.45, 7) is 2.24. The fourth-order valence-electron chi connectivity index (χ4n) is 3.55. The van der Waals surface area contributed by atoms with Crippen LogP contribution in [0.4, 0.5) is 4.39 Å². The summed E-state index contributed by atoms with van der Waals surface area (Å²) < 4.78 is 20.1. The number of likely N-dealkylation sites (tertiary alicyclic amines) is 1. The third-order valence-corrected chi connectivity index (χ3v) is 5.85. The van der Waals surface area contributed by atoms with Crippen molar-refractivity contribution in [1.29, 1.82) is 0 Å². The Kier molecular flexibility index (Phi) is 7.87. The van der Waals surface area contributed by atoms with E-state index in [0.717, 1.165) is 6.42 Å². The number of nitrogens with zero attached hydrogens (tertiary/aromatic N) is 3. The smallest absolute Gasteiger partial charge is 0.272 e. The lowest BCUT2D eigenvalue weighted by atomic mass is 9.95. The summed E-state index contributed by atoms with van der Waals surface area (Å²) in [5.41, 5.74) is 1.13. The molecule has 7 nitrogen and oxygen atoms in total. The van der Waals surface area contributed by atoms with Crippen molar-refractivity contribution in [3.05, 3.63) is 42.0 Å². The van der Waals surface area contributed by atoms with Crippen LogP contribution in [0.25, 0.3) is 5.69 Å². The highest BCUT2D eigenvalue weighted by Crippen LogP contribution is 2.25. The number of carbonyl (C=O) groups excluding carboxylic acids is 2. The maximum atomic E-state index is 13.3. The first-order chi connectivity index (χ1) is 14.5. The fraction of sp³-hybridized carbons (Fsp3) is 0.476. The van der Waals surface area contributed by atoms with Gasteiger partial charge in [0.15, 0.2) is 5.16 Å². The zero-order valence-corrected chi connectivity index (χ0v) is 18.1. The van der Waals surface area contributed by atoms with Crippen LogP contribution in [0.15, 0.2) is 35.6 Å². The lowest BCUT2D eigenvalue weighted by Gasteiger charge is -2.31. The number of hydrogen-bond acceptors (Lipinski definition) is 5. The maximum Gasteiger partial charge on any atom is 0.272 e. The lowest BCUT2D eigenvalue weighted by molar-refractivity contribution is -0.126. The minimum atomic E-state index is -0.333. The van der Waals surface area contributed by atoms with Crippen LogP contribution >= 0.6 is 11.8 Å². The Morgan fingerprint density at radius 1 is 1.27 bits per heavy atom. The van der Waals surface area contributed by atoms with Crippen LogP contribution in [0.2, 0.25) is 0 Å². The molecule has 1 aromatic heterocycles. The predicted molar refractivity (Wildman–Crippen MR) is 113 cm³/mol. The third kappa shape index (κ3) is 5.20. The van der Waals surface area contributed by atoms with E-state index in [4.69, 9.17) is 4.74 Å². The Balaban J connectivity index is 1.65. The van der Waals surface area contributed by atoms with Crippen LogP contribution in [-0.2, 0) is 9.53 Å².